The van der Waals surface area contributed by atoms with E-state index in [1.54, 1.807) is 18.3 Å². The van der Waals surface area contributed by atoms with Gasteiger partial charge in [0.2, 0.25) is 10.0 Å². The molecule has 9 heteroatoms. The fourth-order valence-electron chi connectivity index (χ4n) is 2.46. The molecule has 25 heavy (non-hydrogen) atoms. The Morgan fingerprint density at radius 3 is 2.52 bits per heavy atom. The summed E-state index contributed by atoms with van der Waals surface area (Å²) < 4.78 is 24.7. The highest BCUT2D eigenvalue weighted by Crippen LogP contribution is 2.21. The SMILES string of the molecule is CCNC(=S)N/N=C\c1cc(C)n(-c2ccc(S(N)(=O)=O)cc2)c1C. The maximum absolute atomic E-state index is 11.4. The number of nitrogens with two attached hydrogens (primary N) is 1. The van der Waals surface area contributed by atoms with Crippen LogP contribution in [0, 0.1) is 13.8 Å². The number of aromatic nitrogens is 1. The summed E-state index contributed by atoms with van der Waals surface area (Å²) in [5, 5.41) is 12.7. The van der Waals surface area contributed by atoms with Crippen LogP contribution >= 0.6 is 12.2 Å². The molecule has 0 amide bonds. The van der Waals surface area contributed by atoms with Gasteiger partial charge in [-0.3, -0.25) is 5.43 Å². The van der Waals surface area contributed by atoms with Gasteiger partial charge in [-0.05, 0) is 63.3 Å². The summed E-state index contributed by atoms with van der Waals surface area (Å²) in [6.07, 6.45) is 1.70. The van der Waals surface area contributed by atoms with E-state index < -0.39 is 10.0 Å². The highest BCUT2D eigenvalue weighted by molar-refractivity contribution is 7.89. The molecule has 1 aromatic carbocycles. The molecule has 134 valence electrons. The van der Waals surface area contributed by atoms with Crippen molar-refractivity contribution in [2.24, 2.45) is 10.2 Å². The Morgan fingerprint density at radius 1 is 1.32 bits per heavy atom. The molecule has 0 aliphatic rings. The first-order valence-corrected chi connectivity index (χ1v) is 9.58. The zero-order valence-corrected chi connectivity index (χ0v) is 15.9. The Morgan fingerprint density at radius 2 is 1.96 bits per heavy atom. The second-order valence-corrected chi connectivity index (χ2v) is 7.40. The Hall–Kier alpha value is -2.23. The lowest BCUT2D eigenvalue weighted by Gasteiger charge is -2.10. The van der Waals surface area contributed by atoms with Gasteiger partial charge in [0, 0.05) is 29.2 Å². The molecule has 2 aromatic rings. The Bertz CT molecular complexity index is 899. The highest BCUT2D eigenvalue weighted by atomic mass is 32.2. The van der Waals surface area contributed by atoms with Crippen molar-refractivity contribution in [2.75, 3.05) is 6.54 Å². The number of hydrazone groups is 1. The Kier molecular flexibility index (Phi) is 5.93. The van der Waals surface area contributed by atoms with E-state index in [9.17, 15) is 8.42 Å². The summed E-state index contributed by atoms with van der Waals surface area (Å²) in [6, 6.07) is 8.42. The number of rotatable bonds is 5. The molecule has 2 rings (SSSR count). The highest BCUT2D eigenvalue weighted by Gasteiger charge is 2.11. The van der Waals surface area contributed by atoms with E-state index in [2.05, 4.69) is 15.8 Å². The molecule has 0 aliphatic heterocycles. The second kappa shape index (κ2) is 7.77. The quantitative estimate of drug-likeness (QED) is 0.416. The average Bonchev–Trinajstić information content (AvgIpc) is 2.81. The normalized spacial score (nSPS) is 11.7. The van der Waals surface area contributed by atoms with E-state index in [0.29, 0.717) is 5.11 Å². The lowest BCUT2D eigenvalue weighted by atomic mass is 10.2. The van der Waals surface area contributed by atoms with Crippen LogP contribution in [0.3, 0.4) is 0 Å². The van der Waals surface area contributed by atoms with Crippen LogP contribution in [0.15, 0.2) is 40.3 Å². The molecular formula is C16H21N5O2S2. The summed E-state index contributed by atoms with van der Waals surface area (Å²) in [5.74, 6) is 0. The fourth-order valence-corrected chi connectivity index (χ4v) is 3.17. The molecule has 0 unspecified atom stereocenters. The van der Waals surface area contributed by atoms with Crippen LogP contribution in [0.4, 0.5) is 0 Å². The molecule has 4 N–H and O–H groups in total. The van der Waals surface area contributed by atoms with Crippen molar-refractivity contribution < 1.29 is 8.42 Å². The van der Waals surface area contributed by atoms with Crippen LogP contribution in [0.2, 0.25) is 0 Å². The largest absolute Gasteiger partial charge is 0.362 e. The van der Waals surface area contributed by atoms with Gasteiger partial charge in [0.1, 0.15) is 0 Å². The van der Waals surface area contributed by atoms with E-state index in [1.807, 2.05) is 31.4 Å². The summed E-state index contributed by atoms with van der Waals surface area (Å²) in [6.45, 7) is 6.61. The molecule has 0 bridgehead atoms. The molecule has 0 radical (unpaired) electrons. The van der Waals surface area contributed by atoms with Gasteiger partial charge in [0.25, 0.3) is 0 Å². The van der Waals surface area contributed by atoms with Gasteiger partial charge < -0.3 is 9.88 Å². The minimum Gasteiger partial charge on any atom is -0.362 e. The lowest BCUT2D eigenvalue weighted by molar-refractivity contribution is 0.598. The number of nitrogens with one attached hydrogen (secondary N) is 2. The van der Waals surface area contributed by atoms with Crippen LogP contribution in [-0.4, -0.2) is 30.9 Å². The van der Waals surface area contributed by atoms with Gasteiger partial charge in [0.15, 0.2) is 5.11 Å². The predicted molar refractivity (Wildman–Crippen MR) is 104 cm³/mol. The van der Waals surface area contributed by atoms with Gasteiger partial charge in [-0.2, -0.15) is 5.10 Å². The number of sulfonamides is 1. The number of hydrogen-bond donors (Lipinski definition) is 3. The predicted octanol–water partition coefficient (Wildman–Crippen LogP) is 1.56. The molecule has 0 saturated heterocycles. The molecular weight excluding hydrogens is 358 g/mol. The number of primary sulfonamides is 1. The number of thiocarbonyl (C=S) groups is 1. The number of nitrogens with zero attached hydrogens (tertiary/aromatic N) is 2. The minimum atomic E-state index is -3.70. The van der Waals surface area contributed by atoms with Gasteiger partial charge >= 0.3 is 0 Å². The van der Waals surface area contributed by atoms with Crippen LogP contribution in [0.25, 0.3) is 5.69 Å². The van der Waals surface area contributed by atoms with Gasteiger partial charge in [-0.15, -0.1) is 0 Å². The number of benzene rings is 1. The van der Waals surface area contributed by atoms with Crippen molar-refractivity contribution in [3.05, 3.63) is 47.3 Å². The number of hydrogen-bond acceptors (Lipinski definition) is 4. The summed E-state index contributed by atoms with van der Waals surface area (Å²) in [5.41, 5.74) is 6.50. The fraction of sp³-hybridized carbons (Fsp3) is 0.250. The van der Waals surface area contributed by atoms with Crippen LogP contribution in [0.1, 0.15) is 23.9 Å². The standard InChI is InChI=1S/C16H21N5O2S2/c1-4-18-16(24)20-19-10-13-9-11(2)21(12(13)3)14-5-7-15(8-6-14)25(17,22)23/h5-10H,4H2,1-3H3,(H2,17,22,23)(H2,18,20,24)/b19-10-. The molecule has 1 heterocycles. The van der Waals surface area contributed by atoms with E-state index in [0.717, 1.165) is 29.2 Å². The molecule has 0 spiro atoms. The topological polar surface area (TPSA) is 102 Å². The van der Waals surface area contributed by atoms with Crippen molar-refractivity contribution in [2.45, 2.75) is 25.7 Å². The van der Waals surface area contributed by atoms with Crippen molar-refractivity contribution >= 4 is 33.6 Å². The number of aryl methyl sites for hydroxylation is 1. The summed E-state index contributed by atoms with van der Waals surface area (Å²) in [7, 11) is -3.70. The van der Waals surface area contributed by atoms with Crippen molar-refractivity contribution in [1.29, 1.82) is 0 Å². The van der Waals surface area contributed by atoms with E-state index in [4.69, 9.17) is 17.4 Å². The monoisotopic (exact) mass is 379 g/mol. The first kappa shape index (κ1) is 19.1. The van der Waals surface area contributed by atoms with Crippen molar-refractivity contribution in [3.63, 3.8) is 0 Å². The molecule has 0 atom stereocenters. The zero-order valence-electron chi connectivity index (χ0n) is 14.3. The summed E-state index contributed by atoms with van der Waals surface area (Å²) >= 11 is 5.05. The third kappa shape index (κ3) is 4.65. The van der Waals surface area contributed by atoms with Crippen LogP contribution in [0.5, 0.6) is 0 Å². The van der Waals surface area contributed by atoms with Gasteiger partial charge in [0.05, 0.1) is 11.1 Å². The maximum atomic E-state index is 11.4. The third-order valence-electron chi connectivity index (χ3n) is 3.60. The van der Waals surface area contributed by atoms with Crippen molar-refractivity contribution in [1.82, 2.24) is 15.3 Å². The van der Waals surface area contributed by atoms with Gasteiger partial charge in [-0.1, -0.05) is 0 Å². The molecule has 7 nitrogen and oxygen atoms in total. The van der Waals surface area contributed by atoms with Crippen molar-refractivity contribution in [3.8, 4) is 5.69 Å². The van der Waals surface area contributed by atoms with E-state index in [1.165, 1.54) is 12.1 Å². The molecule has 0 saturated carbocycles. The van der Waals surface area contributed by atoms with Crippen LogP contribution < -0.4 is 15.9 Å². The Balaban J connectivity index is 2.27. The van der Waals surface area contributed by atoms with Crippen LogP contribution in [-0.2, 0) is 10.0 Å². The average molecular weight is 380 g/mol. The summed E-state index contributed by atoms with van der Waals surface area (Å²) in [4.78, 5) is 0.0848. The minimum absolute atomic E-state index is 0.0848. The smallest absolute Gasteiger partial charge is 0.238 e. The first-order valence-electron chi connectivity index (χ1n) is 7.63. The second-order valence-electron chi connectivity index (χ2n) is 5.43. The zero-order chi connectivity index (χ0) is 18.6. The van der Waals surface area contributed by atoms with E-state index in [-0.39, 0.29) is 4.90 Å². The first-order chi connectivity index (χ1) is 11.7. The molecule has 0 aliphatic carbocycles. The maximum Gasteiger partial charge on any atom is 0.238 e. The molecule has 0 fully saturated rings. The van der Waals surface area contributed by atoms with Gasteiger partial charge in [-0.25, -0.2) is 13.6 Å². The molecule has 1 aromatic heterocycles. The van der Waals surface area contributed by atoms with E-state index >= 15 is 0 Å². The lowest BCUT2D eigenvalue weighted by Crippen LogP contribution is -2.31. The Labute approximate surface area is 153 Å². The third-order valence-corrected chi connectivity index (χ3v) is 4.77.